The van der Waals surface area contributed by atoms with Crippen LogP contribution in [0.4, 0.5) is 0 Å². The van der Waals surface area contributed by atoms with E-state index in [0.29, 0.717) is 30.3 Å². The minimum absolute atomic E-state index is 0.111. The molecule has 1 N–H and O–H groups in total. The van der Waals surface area contributed by atoms with Crippen LogP contribution in [0.15, 0.2) is 48.5 Å². The Balaban J connectivity index is 1.64. The molecule has 29 heavy (non-hydrogen) atoms. The van der Waals surface area contributed by atoms with Gasteiger partial charge in [-0.2, -0.15) is 0 Å². The van der Waals surface area contributed by atoms with Crippen molar-refractivity contribution in [3.05, 3.63) is 59.1 Å². The topological polar surface area (TPSA) is 76.1 Å². The summed E-state index contributed by atoms with van der Waals surface area (Å²) >= 11 is 5.87. The predicted octanol–water partition coefficient (Wildman–Crippen LogP) is 2.78. The second-order valence-corrected chi connectivity index (χ2v) is 9.92. The fourth-order valence-electron chi connectivity index (χ4n) is 3.42. The maximum absolute atomic E-state index is 12.0. The summed E-state index contributed by atoms with van der Waals surface area (Å²) in [6.07, 6.45) is -0.185. The van der Waals surface area contributed by atoms with Crippen LogP contribution in [0.25, 0.3) is 0 Å². The molecule has 1 heterocycles. The first-order chi connectivity index (χ1) is 13.8. The summed E-state index contributed by atoms with van der Waals surface area (Å²) in [7, 11) is -1.41. The van der Waals surface area contributed by atoms with Crippen LogP contribution in [0.2, 0.25) is 5.02 Å². The van der Waals surface area contributed by atoms with Crippen molar-refractivity contribution < 1.29 is 23.0 Å². The van der Waals surface area contributed by atoms with E-state index in [-0.39, 0.29) is 24.2 Å². The average Bonchev–Trinajstić information content (AvgIpc) is 3.07. The Labute approximate surface area is 176 Å². The summed E-state index contributed by atoms with van der Waals surface area (Å²) in [5, 5.41) is 11.1. The maximum atomic E-state index is 12.0. The van der Waals surface area contributed by atoms with E-state index in [0.717, 1.165) is 11.3 Å². The molecular weight excluding hydrogens is 414 g/mol. The van der Waals surface area contributed by atoms with Crippen molar-refractivity contribution in [1.29, 1.82) is 0 Å². The molecule has 1 fully saturated rings. The molecule has 158 valence electrons. The van der Waals surface area contributed by atoms with Gasteiger partial charge in [0, 0.05) is 24.2 Å². The second kappa shape index (κ2) is 9.80. The zero-order valence-electron chi connectivity index (χ0n) is 16.3. The Bertz CT molecular complexity index is 886. The van der Waals surface area contributed by atoms with Crippen molar-refractivity contribution in [3.8, 4) is 11.5 Å². The van der Waals surface area contributed by atoms with Gasteiger partial charge in [-0.05, 0) is 48.4 Å². The van der Waals surface area contributed by atoms with E-state index in [1.54, 1.807) is 31.4 Å². The summed E-state index contributed by atoms with van der Waals surface area (Å²) in [6.45, 7) is 0.974. The van der Waals surface area contributed by atoms with E-state index in [1.807, 2.05) is 29.2 Å². The summed E-state index contributed by atoms with van der Waals surface area (Å²) in [6, 6.07) is 14.5. The van der Waals surface area contributed by atoms with Crippen LogP contribution in [-0.2, 0) is 16.4 Å². The Morgan fingerprint density at radius 1 is 1.14 bits per heavy atom. The van der Waals surface area contributed by atoms with Crippen LogP contribution in [0.3, 0.4) is 0 Å². The first-order valence-corrected chi connectivity index (χ1v) is 11.7. The average molecular weight is 440 g/mol. The van der Waals surface area contributed by atoms with Gasteiger partial charge in [0.2, 0.25) is 0 Å². The Morgan fingerprint density at radius 2 is 1.79 bits per heavy atom. The number of nitrogens with zero attached hydrogens (tertiary/aromatic N) is 1. The van der Waals surface area contributed by atoms with Gasteiger partial charge in [0.25, 0.3) is 0 Å². The number of aliphatic hydroxyl groups is 1. The summed E-state index contributed by atoms with van der Waals surface area (Å²) in [5.74, 6) is 1.70. The molecule has 0 saturated carbocycles. The third-order valence-electron chi connectivity index (χ3n) is 4.97. The quantitative estimate of drug-likeness (QED) is 0.647. The maximum Gasteiger partial charge on any atom is 0.151 e. The smallest absolute Gasteiger partial charge is 0.151 e. The molecule has 1 aliphatic rings. The molecule has 0 aliphatic carbocycles. The van der Waals surface area contributed by atoms with Gasteiger partial charge < -0.3 is 14.6 Å². The lowest BCUT2D eigenvalue weighted by molar-refractivity contribution is 0.0525. The molecule has 2 aromatic rings. The van der Waals surface area contributed by atoms with Crippen LogP contribution in [-0.4, -0.2) is 62.3 Å². The van der Waals surface area contributed by atoms with Crippen molar-refractivity contribution in [2.24, 2.45) is 0 Å². The lowest BCUT2D eigenvalue weighted by Gasteiger charge is -2.30. The molecule has 2 aromatic carbocycles. The van der Waals surface area contributed by atoms with E-state index in [1.165, 1.54) is 0 Å². The molecule has 1 saturated heterocycles. The van der Waals surface area contributed by atoms with Crippen LogP contribution < -0.4 is 9.47 Å². The molecule has 0 bridgehead atoms. The molecule has 2 atom stereocenters. The van der Waals surface area contributed by atoms with Crippen LogP contribution in [0.5, 0.6) is 11.5 Å². The van der Waals surface area contributed by atoms with E-state index in [9.17, 15) is 13.5 Å². The second-order valence-electron chi connectivity index (χ2n) is 7.25. The SMILES string of the molecule is COc1ccc(CN(CC(O)COc2ccc(Cl)cc2)C2CCS(=O)(=O)C2)cc1. The molecule has 0 radical (unpaired) electrons. The molecule has 8 heteroatoms. The number of benzene rings is 2. The van der Waals surface area contributed by atoms with Crippen molar-refractivity contribution in [1.82, 2.24) is 4.90 Å². The van der Waals surface area contributed by atoms with Crippen molar-refractivity contribution in [2.75, 3.05) is 31.8 Å². The first-order valence-electron chi connectivity index (χ1n) is 9.48. The van der Waals surface area contributed by atoms with Crippen molar-refractivity contribution >= 4 is 21.4 Å². The van der Waals surface area contributed by atoms with Gasteiger partial charge in [-0.3, -0.25) is 4.90 Å². The highest BCUT2D eigenvalue weighted by Gasteiger charge is 2.33. The Kier molecular flexibility index (Phi) is 7.40. The summed E-state index contributed by atoms with van der Waals surface area (Å²) in [5.41, 5.74) is 1.03. The number of methoxy groups -OCH3 is 1. The Morgan fingerprint density at radius 3 is 2.38 bits per heavy atom. The number of aliphatic hydroxyl groups excluding tert-OH is 1. The standard InChI is InChI=1S/C21H26ClNO5S/c1-27-20-6-2-16(3-7-20)12-23(18-10-11-29(25,26)15-18)13-19(24)14-28-21-8-4-17(22)5-9-21/h2-9,18-19,24H,10-15H2,1H3. The van der Waals surface area contributed by atoms with Gasteiger partial charge in [0.15, 0.2) is 9.84 Å². The zero-order valence-corrected chi connectivity index (χ0v) is 17.9. The largest absolute Gasteiger partial charge is 0.497 e. The molecule has 3 rings (SSSR count). The van der Waals surface area contributed by atoms with Gasteiger partial charge in [0.05, 0.1) is 18.6 Å². The summed E-state index contributed by atoms with van der Waals surface area (Å²) in [4.78, 5) is 2.03. The molecule has 1 aliphatic heterocycles. The molecule has 2 unspecified atom stereocenters. The number of ether oxygens (including phenoxy) is 2. The van der Waals surface area contributed by atoms with Crippen molar-refractivity contribution in [3.63, 3.8) is 0 Å². The Hall–Kier alpha value is -1.80. The third-order valence-corrected chi connectivity index (χ3v) is 6.97. The highest BCUT2D eigenvalue weighted by atomic mass is 35.5. The lowest BCUT2D eigenvalue weighted by atomic mass is 10.1. The fraction of sp³-hybridized carbons (Fsp3) is 0.429. The predicted molar refractivity (Wildman–Crippen MR) is 113 cm³/mol. The van der Waals surface area contributed by atoms with Gasteiger partial charge >= 0.3 is 0 Å². The number of hydrogen-bond acceptors (Lipinski definition) is 6. The van der Waals surface area contributed by atoms with E-state index in [2.05, 4.69) is 0 Å². The highest BCUT2D eigenvalue weighted by Crippen LogP contribution is 2.22. The van der Waals surface area contributed by atoms with E-state index < -0.39 is 15.9 Å². The normalized spacial score (nSPS) is 19.2. The molecule has 0 aromatic heterocycles. The fourth-order valence-corrected chi connectivity index (χ4v) is 5.31. The molecule has 0 amide bonds. The number of hydrogen-bond donors (Lipinski definition) is 1. The highest BCUT2D eigenvalue weighted by molar-refractivity contribution is 7.91. The van der Waals surface area contributed by atoms with Crippen LogP contribution in [0.1, 0.15) is 12.0 Å². The van der Waals surface area contributed by atoms with E-state index >= 15 is 0 Å². The van der Waals surface area contributed by atoms with Gasteiger partial charge in [-0.25, -0.2) is 8.42 Å². The van der Waals surface area contributed by atoms with Crippen LogP contribution in [0, 0.1) is 0 Å². The van der Waals surface area contributed by atoms with Gasteiger partial charge in [-0.1, -0.05) is 23.7 Å². The van der Waals surface area contributed by atoms with Gasteiger partial charge in [-0.15, -0.1) is 0 Å². The van der Waals surface area contributed by atoms with Crippen LogP contribution >= 0.6 is 11.6 Å². The third kappa shape index (κ3) is 6.60. The van der Waals surface area contributed by atoms with E-state index in [4.69, 9.17) is 21.1 Å². The number of sulfone groups is 1. The summed E-state index contributed by atoms with van der Waals surface area (Å²) < 4.78 is 34.8. The molecule has 0 spiro atoms. The van der Waals surface area contributed by atoms with Crippen molar-refractivity contribution in [2.45, 2.75) is 25.1 Å². The molecule has 6 nitrogen and oxygen atoms in total. The number of rotatable bonds is 9. The molecular formula is C21H26ClNO5S. The number of halogens is 1. The first kappa shape index (κ1) is 21.9. The minimum atomic E-state index is -3.03. The monoisotopic (exact) mass is 439 g/mol. The zero-order chi connectivity index (χ0) is 20.9. The van der Waals surface area contributed by atoms with Gasteiger partial charge in [0.1, 0.15) is 24.2 Å². The lowest BCUT2D eigenvalue weighted by Crippen LogP contribution is -2.42. The minimum Gasteiger partial charge on any atom is -0.497 e.